The van der Waals surface area contributed by atoms with Crippen LogP contribution >= 0.6 is 34.7 Å². The van der Waals surface area contributed by atoms with Crippen LogP contribution in [0.1, 0.15) is 24.0 Å². The van der Waals surface area contributed by atoms with Crippen molar-refractivity contribution >= 4 is 60.8 Å². The number of aryl methyl sites for hydroxylation is 2. The summed E-state index contributed by atoms with van der Waals surface area (Å²) >= 11 is 9.00. The van der Waals surface area contributed by atoms with Crippen molar-refractivity contribution < 1.29 is 23.1 Å². The smallest absolute Gasteiger partial charge is 0.341 e. The van der Waals surface area contributed by atoms with Gasteiger partial charge in [0.05, 0.1) is 0 Å². The zero-order valence-electron chi connectivity index (χ0n) is 18.2. The van der Waals surface area contributed by atoms with Crippen LogP contribution in [0.5, 0.6) is 5.75 Å². The number of hydrogen-bond acceptors (Lipinski definition) is 6. The molecule has 33 heavy (non-hydrogen) atoms. The van der Waals surface area contributed by atoms with Gasteiger partial charge in [-0.2, -0.15) is 4.31 Å². The quantitative estimate of drug-likeness (QED) is 0.348. The molecule has 0 saturated heterocycles. The van der Waals surface area contributed by atoms with Gasteiger partial charge in [0, 0.05) is 33.0 Å². The number of carbonyl (C=O) groups is 1. The number of aliphatic carboxylic acids is 1. The SMILES string of the molecule is Cc1cc(SCCN(C2CC2)S(=O)(=O)c2sc3ccc(Cl)cc3c2C)ccc1OCC(=O)O. The lowest BCUT2D eigenvalue weighted by molar-refractivity contribution is -0.139. The topological polar surface area (TPSA) is 83.9 Å². The minimum Gasteiger partial charge on any atom is -0.482 e. The highest BCUT2D eigenvalue weighted by Gasteiger charge is 2.39. The minimum absolute atomic E-state index is 0.0531. The van der Waals surface area contributed by atoms with Gasteiger partial charge in [0.1, 0.15) is 9.96 Å². The lowest BCUT2D eigenvalue weighted by atomic mass is 10.2. The molecular formula is C23H24ClNO5S3. The Bertz CT molecular complexity index is 1300. The van der Waals surface area contributed by atoms with Gasteiger partial charge in [0.15, 0.2) is 6.61 Å². The normalized spacial score (nSPS) is 14.2. The number of sulfonamides is 1. The number of benzene rings is 2. The molecule has 10 heteroatoms. The molecule has 0 aliphatic heterocycles. The van der Waals surface area contributed by atoms with Crippen molar-refractivity contribution in [2.24, 2.45) is 0 Å². The van der Waals surface area contributed by atoms with Gasteiger partial charge in [-0.15, -0.1) is 23.1 Å². The second kappa shape index (κ2) is 9.84. The summed E-state index contributed by atoms with van der Waals surface area (Å²) in [6.45, 7) is 3.74. The summed E-state index contributed by atoms with van der Waals surface area (Å²) < 4.78 is 35.4. The number of thiophene rings is 1. The van der Waals surface area contributed by atoms with Crippen molar-refractivity contribution in [3.8, 4) is 5.75 Å². The molecule has 0 atom stereocenters. The van der Waals surface area contributed by atoms with Crippen molar-refractivity contribution in [2.75, 3.05) is 18.9 Å². The molecule has 6 nitrogen and oxygen atoms in total. The van der Waals surface area contributed by atoms with Crippen molar-refractivity contribution in [3.05, 3.63) is 52.5 Å². The van der Waals surface area contributed by atoms with Crippen LogP contribution in [0, 0.1) is 13.8 Å². The average molecular weight is 526 g/mol. The zero-order valence-corrected chi connectivity index (χ0v) is 21.4. The first-order valence-corrected chi connectivity index (χ1v) is 14.1. The number of carboxylic acids is 1. The van der Waals surface area contributed by atoms with E-state index in [0.717, 1.165) is 39.0 Å². The van der Waals surface area contributed by atoms with Crippen LogP contribution in [0.4, 0.5) is 0 Å². The number of rotatable bonds is 10. The van der Waals surface area contributed by atoms with E-state index in [4.69, 9.17) is 21.4 Å². The summed E-state index contributed by atoms with van der Waals surface area (Å²) in [5.41, 5.74) is 1.59. The van der Waals surface area contributed by atoms with Gasteiger partial charge in [-0.1, -0.05) is 11.6 Å². The summed E-state index contributed by atoms with van der Waals surface area (Å²) in [5.74, 6) is 0.121. The first-order valence-electron chi connectivity index (χ1n) is 10.5. The fourth-order valence-corrected chi connectivity index (χ4v) is 8.43. The molecule has 0 radical (unpaired) electrons. The highest BCUT2D eigenvalue weighted by Crippen LogP contribution is 2.40. The Kier molecular flexibility index (Phi) is 7.26. The monoisotopic (exact) mass is 525 g/mol. The number of nitrogens with zero attached hydrogens (tertiary/aromatic N) is 1. The molecule has 0 bridgehead atoms. The van der Waals surface area contributed by atoms with E-state index in [9.17, 15) is 13.2 Å². The van der Waals surface area contributed by atoms with Crippen LogP contribution in [-0.4, -0.2) is 48.7 Å². The van der Waals surface area contributed by atoms with Crippen LogP contribution in [0.2, 0.25) is 5.02 Å². The third-order valence-corrected chi connectivity index (χ3v) is 10.5. The van der Waals surface area contributed by atoms with E-state index in [-0.39, 0.29) is 12.6 Å². The van der Waals surface area contributed by atoms with Crippen LogP contribution in [0.3, 0.4) is 0 Å². The molecule has 1 saturated carbocycles. The number of thioether (sulfide) groups is 1. The molecule has 1 aliphatic rings. The van der Waals surface area contributed by atoms with E-state index in [2.05, 4.69) is 0 Å². The van der Waals surface area contributed by atoms with E-state index < -0.39 is 16.0 Å². The number of ether oxygens (including phenoxy) is 1. The summed E-state index contributed by atoms with van der Waals surface area (Å²) in [6, 6.07) is 11.1. The van der Waals surface area contributed by atoms with E-state index >= 15 is 0 Å². The fraction of sp³-hybridized carbons (Fsp3) is 0.348. The van der Waals surface area contributed by atoms with Gasteiger partial charge >= 0.3 is 5.97 Å². The van der Waals surface area contributed by atoms with Crippen molar-refractivity contribution in [2.45, 2.75) is 41.8 Å². The number of hydrogen-bond donors (Lipinski definition) is 1. The van der Waals surface area contributed by atoms with Gasteiger partial charge < -0.3 is 9.84 Å². The highest BCUT2D eigenvalue weighted by molar-refractivity contribution is 7.99. The Balaban J connectivity index is 1.47. The third kappa shape index (κ3) is 5.49. The molecule has 1 fully saturated rings. The standard InChI is InChI=1S/C23H24ClNO5S3/c1-14-11-18(6-7-20(14)30-13-22(26)27)31-10-9-25(17-4-5-17)33(28,29)23-15(2)19-12-16(24)3-8-21(19)32-23/h3,6-8,11-12,17H,4-5,9-10,13H2,1-2H3,(H,26,27). The second-order valence-corrected chi connectivity index (χ2v) is 12.7. The molecule has 1 aliphatic carbocycles. The molecule has 1 aromatic heterocycles. The maximum absolute atomic E-state index is 13.6. The van der Waals surface area contributed by atoms with Crippen LogP contribution in [0.15, 0.2) is 45.5 Å². The number of carboxylic acid groups (broad SMARTS) is 1. The fourth-order valence-electron chi connectivity index (χ4n) is 3.65. The van der Waals surface area contributed by atoms with Crippen LogP contribution in [-0.2, 0) is 14.8 Å². The molecule has 1 heterocycles. The Morgan fingerprint density at radius 3 is 2.67 bits per heavy atom. The first kappa shape index (κ1) is 24.3. The predicted octanol–water partition coefficient (Wildman–Crippen LogP) is 5.58. The molecule has 0 spiro atoms. The van der Waals surface area contributed by atoms with Crippen LogP contribution in [0.25, 0.3) is 10.1 Å². The molecule has 3 aromatic rings. The summed E-state index contributed by atoms with van der Waals surface area (Å²) in [4.78, 5) is 11.7. The second-order valence-electron chi connectivity index (χ2n) is 7.96. The van der Waals surface area contributed by atoms with Crippen molar-refractivity contribution in [3.63, 3.8) is 0 Å². The summed E-state index contributed by atoms with van der Waals surface area (Å²) in [7, 11) is -3.61. The largest absolute Gasteiger partial charge is 0.482 e. The Morgan fingerprint density at radius 2 is 2.00 bits per heavy atom. The molecule has 4 rings (SSSR count). The maximum Gasteiger partial charge on any atom is 0.341 e. The van der Waals surface area contributed by atoms with Gasteiger partial charge in [0.25, 0.3) is 10.0 Å². The molecule has 2 aromatic carbocycles. The molecule has 0 unspecified atom stereocenters. The maximum atomic E-state index is 13.6. The first-order chi connectivity index (χ1) is 15.7. The summed E-state index contributed by atoms with van der Waals surface area (Å²) in [6.07, 6.45) is 1.77. The Labute approximate surface area is 206 Å². The lowest BCUT2D eigenvalue weighted by Gasteiger charge is -2.21. The Hall–Kier alpha value is -1.78. The lowest BCUT2D eigenvalue weighted by Crippen LogP contribution is -2.35. The van der Waals surface area contributed by atoms with Crippen molar-refractivity contribution in [1.29, 1.82) is 0 Å². The molecule has 176 valence electrons. The molecular weight excluding hydrogens is 502 g/mol. The number of fused-ring (bicyclic) bond motifs is 1. The van der Waals surface area contributed by atoms with E-state index in [1.165, 1.54) is 11.3 Å². The molecule has 0 amide bonds. The number of halogens is 1. The van der Waals surface area contributed by atoms with Crippen molar-refractivity contribution in [1.82, 2.24) is 4.31 Å². The van der Waals surface area contributed by atoms with Crippen LogP contribution < -0.4 is 4.74 Å². The minimum atomic E-state index is -3.61. The van der Waals surface area contributed by atoms with E-state index in [1.807, 2.05) is 38.1 Å². The third-order valence-electron chi connectivity index (χ3n) is 5.43. The zero-order chi connectivity index (χ0) is 23.8. The van der Waals surface area contributed by atoms with Gasteiger partial charge in [-0.05, 0) is 79.6 Å². The molecule has 1 N–H and O–H groups in total. The highest BCUT2D eigenvalue weighted by atomic mass is 35.5. The summed E-state index contributed by atoms with van der Waals surface area (Å²) in [5, 5.41) is 10.2. The van der Waals surface area contributed by atoms with Gasteiger partial charge in [-0.3, -0.25) is 0 Å². The average Bonchev–Trinajstić information content (AvgIpc) is 3.53. The predicted molar refractivity (Wildman–Crippen MR) is 134 cm³/mol. The van der Waals surface area contributed by atoms with Gasteiger partial charge in [-0.25, -0.2) is 13.2 Å². The van der Waals surface area contributed by atoms with E-state index in [1.54, 1.807) is 28.2 Å². The Morgan fingerprint density at radius 1 is 1.24 bits per heavy atom. The van der Waals surface area contributed by atoms with Gasteiger partial charge in [0.2, 0.25) is 0 Å². The van der Waals surface area contributed by atoms with E-state index in [0.29, 0.717) is 27.3 Å².